The molecule has 2 aromatic rings. The van der Waals surface area contributed by atoms with Gasteiger partial charge in [-0.2, -0.15) is 0 Å². The lowest BCUT2D eigenvalue weighted by Gasteiger charge is -2.14. The first kappa shape index (κ1) is 7.44. The molecule has 0 spiro atoms. The molecule has 1 heterocycles. The molecule has 1 aliphatic heterocycles. The number of rotatable bonds is 0. The van der Waals surface area contributed by atoms with Crippen LogP contribution in [0.5, 0.6) is 5.75 Å². The van der Waals surface area contributed by atoms with E-state index in [9.17, 15) is 0 Å². The quantitative estimate of drug-likeness (QED) is 0.678. The Kier molecular flexibility index (Phi) is 1.47. The molecule has 1 N–H and O–H groups in total. The van der Waals surface area contributed by atoms with Crippen molar-refractivity contribution in [2.24, 2.45) is 0 Å². The van der Waals surface area contributed by atoms with Crippen LogP contribution in [0, 0.1) is 0 Å². The summed E-state index contributed by atoms with van der Waals surface area (Å²) in [6.45, 7) is 0. The van der Waals surface area contributed by atoms with E-state index in [1.165, 1.54) is 5.39 Å². The van der Waals surface area contributed by atoms with Crippen molar-refractivity contribution in [3.63, 3.8) is 0 Å². The molecule has 68 valence electrons. The monoisotopic (exact) mass is 183 g/mol. The number of hydroxylamine groups is 1. The van der Waals surface area contributed by atoms with Crippen LogP contribution >= 0.6 is 0 Å². The van der Waals surface area contributed by atoms with E-state index in [1.807, 2.05) is 18.2 Å². The van der Waals surface area contributed by atoms with Crippen LogP contribution in [-0.2, 0) is 0 Å². The summed E-state index contributed by atoms with van der Waals surface area (Å²) in [5.74, 6) is 0.908. The van der Waals surface area contributed by atoms with Crippen LogP contribution in [0.25, 0.3) is 16.8 Å². The van der Waals surface area contributed by atoms with Crippen LogP contribution in [0.2, 0.25) is 0 Å². The van der Waals surface area contributed by atoms with E-state index in [0.29, 0.717) is 0 Å². The molecule has 0 saturated heterocycles. The van der Waals surface area contributed by atoms with Gasteiger partial charge in [0.2, 0.25) is 0 Å². The summed E-state index contributed by atoms with van der Waals surface area (Å²) in [7, 11) is 0. The van der Waals surface area contributed by atoms with Gasteiger partial charge in [0, 0.05) is 17.1 Å². The van der Waals surface area contributed by atoms with E-state index < -0.39 is 0 Å². The SMILES string of the molecule is C1=Cc2ccc3ccccc3c2ON1. The van der Waals surface area contributed by atoms with Crippen LogP contribution in [0.1, 0.15) is 5.56 Å². The maximum atomic E-state index is 5.40. The molecule has 14 heavy (non-hydrogen) atoms. The Bertz CT molecular complexity index is 517. The average Bonchev–Trinajstić information content (AvgIpc) is 2.29. The van der Waals surface area contributed by atoms with Crippen LogP contribution in [-0.4, -0.2) is 0 Å². The molecule has 0 fully saturated rings. The van der Waals surface area contributed by atoms with Gasteiger partial charge in [-0.1, -0.05) is 36.4 Å². The second kappa shape index (κ2) is 2.77. The number of benzene rings is 2. The van der Waals surface area contributed by atoms with Crippen molar-refractivity contribution in [2.45, 2.75) is 0 Å². The van der Waals surface area contributed by atoms with E-state index in [-0.39, 0.29) is 0 Å². The molecule has 0 aliphatic carbocycles. The van der Waals surface area contributed by atoms with E-state index in [0.717, 1.165) is 16.7 Å². The molecule has 2 nitrogen and oxygen atoms in total. The zero-order chi connectivity index (χ0) is 9.38. The topological polar surface area (TPSA) is 21.3 Å². The van der Waals surface area contributed by atoms with Gasteiger partial charge in [-0.3, -0.25) is 0 Å². The Hall–Kier alpha value is -1.96. The van der Waals surface area contributed by atoms with Gasteiger partial charge in [-0.15, -0.1) is 0 Å². The normalized spacial score (nSPS) is 13.1. The van der Waals surface area contributed by atoms with Crippen LogP contribution in [0.3, 0.4) is 0 Å². The Balaban J connectivity index is 2.41. The van der Waals surface area contributed by atoms with Crippen LogP contribution < -0.4 is 10.3 Å². The molecule has 3 rings (SSSR count). The second-order valence-corrected chi connectivity index (χ2v) is 3.26. The molecule has 0 aromatic heterocycles. The Morgan fingerprint density at radius 3 is 2.93 bits per heavy atom. The van der Waals surface area contributed by atoms with Gasteiger partial charge in [0.1, 0.15) is 0 Å². The smallest absolute Gasteiger partial charge is 0.170 e. The lowest BCUT2D eigenvalue weighted by molar-refractivity contribution is 0.242. The molecule has 0 unspecified atom stereocenters. The molecule has 0 radical (unpaired) electrons. The van der Waals surface area contributed by atoms with Crippen molar-refractivity contribution >= 4 is 16.8 Å². The molecule has 2 aromatic carbocycles. The number of fused-ring (bicyclic) bond motifs is 3. The highest BCUT2D eigenvalue weighted by molar-refractivity contribution is 5.92. The highest BCUT2D eigenvalue weighted by Gasteiger charge is 2.09. The lowest BCUT2D eigenvalue weighted by Crippen LogP contribution is -2.14. The Morgan fingerprint density at radius 1 is 1.00 bits per heavy atom. The fraction of sp³-hybridized carbons (Fsp3) is 0. The van der Waals surface area contributed by atoms with E-state index in [1.54, 1.807) is 6.20 Å². The van der Waals surface area contributed by atoms with Gasteiger partial charge in [-0.25, -0.2) is 5.48 Å². The molecular weight excluding hydrogens is 174 g/mol. The lowest BCUT2D eigenvalue weighted by atomic mass is 10.1. The summed E-state index contributed by atoms with van der Waals surface area (Å²) < 4.78 is 0. The van der Waals surface area contributed by atoms with Crippen molar-refractivity contribution in [3.05, 3.63) is 48.2 Å². The third-order valence-electron chi connectivity index (χ3n) is 2.40. The predicted octanol–water partition coefficient (Wildman–Crippen LogP) is 2.71. The molecule has 0 amide bonds. The zero-order valence-electron chi connectivity index (χ0n) is 7.53. The van der Waals surface area contributed by atoms with Crippen molar-refractivity contribution in [1.82, 2.24) is 5.48 Å². The summed E-state index contributed by atoms with van der Waals surface area (Å²) in [6.07, 6.45) is 3.79. The Labute approximate surface area is 81.8 Å². The molecule has 0 atom stereocenters. The number of hydrogen-bond donors (Lipinski definition) is 1. The largest absolute Gasteiger partial charge is 0.381 e. The van der Waals surface area contributed by atoms with Crippen LogP contribution in [0.15, 0.2) is 42.6 Å². The molecule has 2 heteroatoms. The summed E-state index contributed by atoms with van der Waals surface area (Å²) >= 11 is 0. The maximum Gasteiger partial charge on any atom is 0.170 e. The third kappa shape index (κ3) is 0.973. The fourth-order valence-corrected chi connectivity index (χ4v) is 1.72. The molecule has 0 saturated carbocycles. The molecule has 0 bridgehead atoms. The summed E-state index contributed by atoms with van der Waals surface area (Å²) in [4.78, 5) is 5.40. The van der Waals surface area contributed by atoms with Gasteiger partial charge in [0.05, 0.1) is 0 Å². The average molecular weight is 183 g/mol. The number of nitrogens with one attached hydrogen (secondary N) is 1. The van der Waals surface area contributed by atoms with E-state index in [4.69, 9.17) is 4.84 Å². The number of hydrogen-bond acceptors (Lipinski definition) is 2. The Morgan fingerprint density at radius 2 is 1.93 bits per heavy atom. The van der Waals surface area contributed by atoms with Gasteiger partial charge in [0.15, 0.2) is 5.75 Å². The second-order valence-electron chi connectivity index (χ2n) is 3.26. The van der Waals surface area contributed by atoms with Crippen molar-refractivity contribution < 1.29 is 4.84 Å². The van der Waals surface area contributed by atoms with Crippen molar-refractivity contribution in [3.8, 4) is 5.75 Å². The van der Waals surface area contributed by atoms with Crippen molar-refractivity contribution in [1.29, 1.82) is 0 Å². The minimum absolute atomic E-state index is 0.908. The maximum absolute atomic E-state index is 5.40. The first-order valence-electron chi connectivity index (χ1n) is 4.56. The summed E-state index contributed by atoms with van der Waals surface area (Å²) in [5, 5.41) is 2.34. The fourth-order valence-electron chi connectivity index (χ4n) is 1.72. The van der Waals surface area contributed by atoms with Gasteiger partial charge < -0.3 is 4.84 Å². The minimum atomic E-state index is 0.908. The van der Waals surface area contributed by atoms with Gasteiger partial charge in [0.25, 0.3) is 0 Å². The summed E-state index contributed by atoms with van der Waals surface area (Å²) in [6, 6.07) is 12.4. The first-order chi connectivity index (χ1) is 6.95. The van der Waals surface area contributed by atoms with Gasteiger partial charge >= 0.3 is 0 Å². The van der Waals surface area contributed by atoms with Crippen LogP contribution in [0.4, 0.5) is 0 Å². The standard InChI is InChI=1S/C12H9NO/c1-2-4-11-9(3-1)5-6-10-7-8-13-14-12(10)11/h1-8,13H. The summed E-state index contributed by atoms with van der Waals surface area (Å²) in [5.41, 5.74) is 3.87. The third-order valence-corrected chi connectivity index (χ3v) is 2.40. The predicted molar refractivity (Wildman–Crippen MR) is 56.7 cm³/mol. The van der Waals surface area contributed by atoms with E-state index in [2.05, 4.69) is 29.7 Å². The highest BCUT2D eigenvalue weighted by Crippen LogP contribution is 2.31. The molecule has 1 aliphatic rings. The van der Waals surface area contributed by atoms with Crippen molar-refractivity contribution in [2.75, 3.05) is 0 Å². The van der Waals surface area contributed by atoms with E-state index >= 15 is 0 Å². The van der Waals surface area contributed by atoms with Gasteiger partial charge in [-0.05, 0) is 11.5 Å². The minimum Gasteiger partial charge on any atom is -0.381 e. The molecular formula is C12H9NO. The first-order valence-corrected chi connectivity index (χ1v) is 4.56. The zero-order valence-corrected chi connectivity index (χ0v) is 7.53. The highest BCUT2D eigenvalue weighted by atomic mass is 16.6.